The summed E-state index contributed by atoms with van der Waals surface area (Å²) in [4.78, 5) is 4.72. The van der Waals surface area contributed by atoms with Crippen molar-refractivity contribution in [3.8, 4) is 33.4 Å². The van der Waals surface area contributed by atoms with Crippen molar-refractivity contribution in [2.75, 3.05) is 9.80 Å². The molecule has 0 amide bonds. The number of benzene rings is 8. The molecule has 0 N–H and O–H groups in total. The maximum absolute atomic E-state index is 2.41. The molecule has 0 aromatic heterocycles. The van der Waals surface area contributed by atoms with Crippen molar-refractivity contribution < 1.29 is 0 Å². The molecule has 51 heavy (non-hydrogen) atoms. The average Bonchev–Trinajstić information content (AvgIpc) is 3.57. The van der Waals surface area contributed by atoms with Gasteiger partial charge in [0.05, 0.1) is 11.4 Å². The summed E-state index contributed by atoms with van der Waals surface area (Å²) in [5, 5.41) is 0. The van der Waals surface area contributed by atoms with Crippen LogP contribution in [-0.4, -0.2) is 0 Å². The van der Waals surface area contributed by atoms with Crippen molar-refractivity contribution in [1.29, 1.82) is 0 Å². The Balaban J connectivity index is 1.15. The summed E-state index contributed by atoms with van der Waals surface area (Å²) in [6.07, 6.45) is 0.939. The van der Waals surface area contributed by atoms with E-state index in [4.69, 9.17) is 0 Å². The van der Waals surface area contributed by atoms with Gasteiger partial charge in [-0.3, -0.25) is 0 Å². The summed E-state index contributed by atoms with van der Waals surface area (Å²) in [6, 6.07) is 74.2. The number of fused-ring (bicyclic) bond motifs is 3. The van der Waals surface area contributed by atoms with E-state index in [1.165, 1.54) is 44.5 Å². The van der Waals surface area contributed by atoms with Crippen LogP contribution in [0.5, 0.6) is 0 Å². The number of para-hydroxylation sites is 6. The van der Waals surface area contributed by atoms with Gasteiger partial charge >= 0.3 is 0 Å². The van der Waals surface area contributed by atoms with Gasteiger partial charge in [0, 0.05) is 33.9 Å². The summed E-state index contributed by atoms with van der Waals surface area (Å²) < 4.78 is 0. The molecule has 8 aromatic rings. The van der Waals surface area contributed by atoms with Crippen molar-refractivity contribution in [2.24, 2.45) is 0 Å². The van der Waals surface area contributed by atoms with E-state index in [9.17, 15) is 0 Å². The van der Waals surface area contributed by atoms with Gasteiger partial charge in [0.25, 0.3) is 0 Å². The lowest BCUT2D eigenvalue weighted by atomic mass is 9.94. The molecule has 9 rings (SSSR count). The van der Waals surface area contributed by atoms with Crippen molar-refractivity contribution in [3.05, 3.63) is 217 Å². The van der Waals surface area contributed by atoms with Crippen LogP contribution in [0.25, 0.3) is 33.4 Å². The van der Waals surface area contributed by atoms with E-state index in [1.54, 1.807) is 0 Å². The molecule has 0 spiro atoms. The number of nitrogens with zero attached hydrogens (tertiary/aromatic N) is 2. The smallest absolute Gasteiger partial charge is 0.0540 e. The maximum atomic E-state index is 2.41. The summed E-state index contributed by atoms with van der Waals surface area (Å²) >= 11 is 0. The predicted octanol–water partition coefficient (Wildman–Crippen LogP) is 13.5. The molecular weight excluding hydrogens is 617 g/mol. The van der Waals surface area contributed by atoms with E-state index in [0.717, 1.165) is 40.5 Å². The van der Waals surface area contributed by atoms with Gasteiger partial charge in [-0.05, 0) is 113 Å². The fourth-order valence-electron chi connectivity index (χ4n) is 7.49. The van der Waals surface area contributed by atoms with E-state index in [2.05, 4.69) is 216 Å². The highest BCUT2D eigenvalue weighted by atomic mass is 15.1. The SMILES string of the molecule is c1ccc(N(c2ccccc2)c2ccccc2-c2ccc3c(c2)-c2cc(-c4ccccc4N(c4ccccc4)c4ccccc4)ccc2C3)cc1. The molecule has 0 aliphatic heterocycles. The third-order valence-electron chi connectivity index (χ3n) is 9.86. The van der Waals surface area contributed by atoms with Crippen molar-refractivity contribution in [2.45, 2.75) is 6.42 Å². The highest BCUT2D eigenvalue weighted by Crippen LogP contribution is 2.46. The normalized spacial score (nSPS) is 11.5. The summed E-state index contributed by atoms with van der Waals surface area (Å²) in [6.45, 7) is 0. The van der Waals surface area contributed by atoms with Crippen LogP contribution >= 0.6 is 0 Å². The summed E-state index contributed by atoms with van der Waals surface area (Å²) in [5.41, 5.74) is 17.0. The van der Waals surface area contributed by atoms with E-state index in [1.807, 2.05) is 0 Å². The molecule has 2 nitrogen and oxygen atoms in total. The van der Waals surface area contributed by atoms with Crippen LogP contribution in [0.3, 0.4) is 0 Å². The van der Waals surface area contributed by atoms with Crippen LogP contribution in [0, 0.1) is 0 Å². The molecule has 1 aliphatic rings. The van der Waals surface area contributed by atoms with Crippen LogP contribution in [0.1, 0.15) is 11.1 Å². The largest absolute Gasteiger partial charge is 0.310 e. The highest BCUT2D eigenvalue weighted by Gasteiger charge is 2.23. The Labute approximate surface area is 300 Å². The zero-order chi connectivity index (χ0) is 34.0. The van der Waals surface area contributed by atoms with E-state index < -0.39 is 0 Å². The Morgan fingerprint density at radius 2 is 0.588 bits per heavy atom. The van der Waals surface area contributed by atoms with Crippen molar-refractivity contribution in [1.82, 2.24) is 0 Å². The monoisotopic (exact) mass is 652 g/mol. The second-order valence-corrected chi connectivity index (χ2v) is 13.0. The lowest BCUT2D eigenvalue weighted by Gasteiger charge is -2.28. The minimum absolute atomic E-state index is 0.939. The standard InChI is InChI=1S/C49H36N2/c1-5-17-40(18-6-1)50(41-19-7-2-8-20-41)48-27-15-13-25-44(48)38-31-29-36-33-37-30-32-39(35-47(37)46(36)34-38)45-26-14-16-28-49(45)51(42-21-9-3-10-22-42)43-23-11-4-12-24-43/h1-32,34-35H,33H2. The molecule has 0 atom stereocenters. The van der Waals surface area contributed by atoms with Gasteiger partial charge in [-0.15, -0.1) is 0 Å². The molecule has 242 valence electrons. The first-order chi connectivity index (χ1) is 25.3. The van der Waals surface area contributed by atoms with E-state index >= 15 is 0 Å². The van der Waals surface area contributed by atoms with Crippen LogP contribution in [0.15, 0.2) is 206 Å². The second kappa shape index (κ2) is 13.3. The van der Waals surface area contributed by atoms with E-state index in [0.29, 0.717) is 0 Å². The second-order valence-electron chi connectivity index (χ2n) is 13.0. The Morgan fingerprint density at radius 1 is 0.275 bits per heavy atom. The molecule has 0 saturated heterocycles. The third kappa shape index (κ3) is 5.77. The lowest BCUT2D eigenvalue weighted by molar-refractivity contribution is 1.26. The molecule has 0 saturated carbocycles. The topological polar surface area (TPSA) is 6.48 Å². The van der Waals surface area contributed by atoms with Crippen LogP contribution < -0.4 is 9.80 Å². The van der Waals surface area contributed by atoms with E-state index in [-0.39, 0.29) is 0 Å². The molecule has 2 heteroatoms. The first kappa shape index (κ1) is 30.4. The number of anilines is 6. The molecule has 8 aromatic carbocycles. The maximum Gasteiger partial charge on any atom is 0.0540 e. The first-order valence-electron chi connectivity index (χ1n) is 17.6. The van der Waals surface area contributed by atoms with Crippen LogP contribution in [0.2, 0.25) is 0 Å². The van der Waals surface area contributed by atoms with Gasteiger partial charge in [0.15, 0.2) is 0 Å². The minimum Gasteiger partial charge on any atom is -0.310 e. The van der Waals surface area contributed by atoms with Crippen LogP contribution in [0.4, 0.5) is 34.1 Å². The fourth-order valence-corrected chi connectivity index (χ4v) is 7.49. The Morgan fingerprint density at radius 3 is 0.941 bits per heavy atom. The van der Waals surface area contributed by atoms with Gasteiger partial charge in [-0.25, -0.2) is 0 Å². The fraction of sp³-hybridized carbons (Fsp3) is 0.0204. The predicted molar refractivity (Wildman–Crippen MR) is 215 cm³/mol. The van der Waals surface area contributed by atoms with Gasteiger partial charge in [0.2, 0.25) is 0 Å². The molecule has 0 bridgehead atoms. The van der Waals surface area contributed by atoms with Gasteiger partial charge in [-0.2, -0.15) is 0 Å². The van der Waals surface area contributed by atoms with Gasteiger partial charge in [0.1, 0.15) is 0 Å². The zero-order valence-electron chi connectivity index (χ0n) is 28.2. The quantitative estimate of drug-likeness (QED) is 0.161. The zero-order valence-corrected chi connectivity index (χ0v) is 28.2. The third-order valence-corrected chi connectivity index (χ3v) is 9.86. The van der Waals surface area contributed by atoms with Crippen molar-refractivity contribution in [3.63, 3.8) is 0 Å². The highest BCUT2D eigenvalue weighted by molar-refractivity contribution is 5.93. The summed E-state index contributed by atoms with van der Waals surface area (Å²) in [5.74, 6) is 0. The molecular formula is C49H36N2. The first-order valence-corrected chi connectivity index (χ1v) is 17.6. The molecule has 0 fully saturated rings. The minimum atomic E-state index is 0.939. The summed E-state index contributed by atoms with van der Waals surface area (Å²) in [7, 11) is 0. The Bertz CT molecular complexity index is 2180. The number of hydrogen-bond acceptors (Lipinski definition) is 2. The molecule has 1 aliphatic carbocycles. The van der Waals surface area contributed by atoms with Gasteiger partial charge in [-0.1, -0.05) is 133 Å². The van der Waals surface area contributed by atoms with Crippen molar-refractivity contribution >= 4 is 34.1 Å². The molecule has 0 unspecified atom stereocenters. The van der Waals surface area contributed by atoms with Gasteiger partial charge < -0.3 is 9.80 Å². The number of hydrogen-bond donors (Lipinski definition) is 0. The average molecular weight is 653 g/mol. The van der Waals surface area contributed by atoms with Crippen LogP contribution in [-0.2, 0) is 6.42 Å². The lowest BCUT2D eigenvalue weighted by Crippen LogP contribution is -2.11. The molecule has 0 radical (unpaired) electrons. The number of rotatable bonds is 8. The molecule has 0 heterocycles. The Hall–Kier alpha value is -6.64. The Kier molecular flexibility index (Phi) is 7.96.